The number of nitrogens with zero attached hydrogens (tertiary/aromatic N) is 1. The van der Waals surface area contributed by atoms with Crippen molar-refractivity contribution in [2.45, 2.75) is 12.5 Å². The predicted octanol–water partition coefficient (Wildman–Crippen LogP) is 3.21. The highest BCUT2D eigenvalue weighted by Crippen LogP contribution is 2.24. The number of rotatable bonds is 5. The number of thiophene rings is 1. The molecule has 2 heterocycles. The molecule has 1 aromatic heterocycles. The van der Waals surface area contributed by atoms with E-state index in [0.29, 0.717) is 13.2 Å². The Hall–Kier alpha value is -1.20. The highest BCUT2D eigenvalue weighted by atomic mass is 32.1. The molecule has 0 aliphatic carbocycles. The number of fused-ring (bicyclic) bond motifs is 1. The molecule has 0 amide bonds. The summed E-state index contributed by atoms with van der Waals surface area (Å²) in [7, 11) is 2.12. The topological polar surface area (TPSA) is 32.7 Å². The van der Waals surface area contributed by atoms with Gasteiger partial charge in [0, 0.05) is 17.8 Å². The Morgan fingerprint density at radius 3 is 3.14 bits per heavy atom. The molecule has 1 aromatic carbocycles. The fourth-order valence-electron chi connectivity index (χ4n) is 2.67. The predicted molar refractivity (Wildman–Crippen MR) is 87.8 cm³/mol. The van der Waals surface area contributed by atoms with Gasteiger partial charge in [0.15, 0.2) is 0 Å². The molecule has 3 rings (SSSR count). The van der Waals surface area contributed by atoms with Crippen LogP contribution >= 0.6 is 11.3 Å². The summed E-state index contributed by atoms with van der Waals surface area (Å²) in [5, 5.41) is 13.5. The van der Waals surface area contributed by atoms with Gasteiger partial charge in [-0.2, -0.15) is 0 Å². The van der Waals surface area contributed by atoms with Crippen molar-refractivity contribution in [3.8, 4) is 0 Å². The first-order chi connectivity index (χ1) is 10.2. The number of aliphatic hydroxyl groups is 1. The Morgan fingerprint density at radius 2 is 2.29 bits per heavy atom. The SMILES string of the molecule is CN1CCC=C(COCC(O)c2ccc3sccc3c2)C1. The highest BCUT2D eigenvalue weighted by molar-refractivity contribution is 7.17. The van der Waals surface area contributed by atoms with E-state index in [-0.39, 0.29) is 0 Å². The van der Waals surface area contributed by atoms with Gasteiger partial charge in [0.05, 0.1) is 13.2 Å². The molecule has 21 heavy (non-hydrogen) atoms. The van der Waals surface area contributed by atoms with Gasteiger partial charge in [0.1, 0.15) is 6.10 Å². The standard InChI is InChI=1S/C17H21NO2S/c1-18-7-2-3-13(10-18)11-20-12-16(19)14-4-5-17-15(9-14)6-8-21-17/h3-6,8-9,16,19H,2,7,10-12H2,1H3. The number of benzene rings is 1. The fraction of sp³-hybridized carbons (Fsp3) is 0.412. The van der Waals surface area contributed by atoms with E-state index in [1.54, 1.807) is 11.3 Å². The van der Waals surface area contributed by atoms with Crippen molar-refractivity contribution in [2.24, 2.45) is 0 Å². The van der Waals surface area contributed by atoms with Crippen molar-refractivity contribution in [2.75, 3.05) is 33.4 Å². The number of aliphatic hydroxyl groups excluding tert-OH is 1. The van der Waals surface area contributed by atoms with E-state index < -0.39 is 6.10 Å². The third-order valence-corrected chi connectivity index (χ3v) is 4.74. The van der Waals surface area contributed by atoms with Gasteiger partial charge in [-0.15, -0.1) is 11.3 Å². The van der Waals surface area contributed by atoms with E-state index in [1.807, 2.05) is 12.1 Å². The lowest BCUT2D eigenvalue weighted by Gasteiger charge is -2.23. The van der Waals surface area contributed by atoms with Crippen molar-refractivity contribution < 1.29 is 9.84 Å². The van der Waals surface area contributed by atoms with E-state index in [4.69, 9.17) is 4.74 Å². The minimum absolute atomic E-state index is 0.344. The lowest BCUT2D eigenvalue weighted by molar-refractivity contribution is 0.0441. The van der Waals surface area contributed by atoms with Crippen molar-refractivity contribution in [3.05, 3.63) is 46.9 Å². The monoisotopic (exact) mass is 303 g/mol. The summed E-state index contributed by atoms with van der Waals surface area (Å²) in [6.45, 7) is 3.04. The lowest BCUT2D eigenvalue weighted by atomic mass is 10.1. The maximum Gasteiger partial charge on any atom is 0.102 e. The number of hydrogen-bond donors (Lipinski definition) is 1. The molecule has 1 atom stereocenters. The summed E-state index contributed by atoms with van der Waals surface area (Å²) in [6, 6.07) is 8.19. The summed E-state index contributed by atoms with van der Waals surface area (Å²) in [6.07, 6.45) is 2.78. The molecule has 0 fully saturated rings. The summed E-state index contributed by atoms with van der Waals surface area (Å²) >= 11 is 1.72. The normalized spacial score (nSPS) is 17.9. The van der Waals surface area contributed by atoms with Crippen LogP contribution in [0.25, 0.3) is 10.1 Å². The average Bonchev–Trinajstić information content (AvgIpc) is 2.94. The third kappa shape index (κ3) is 3.71. The molecular weight excluding hydrogens is 282 g/mol. The summed E-state index contributed by atoms with van der Waals surface area (Å²) in [4.78, 5) is 2.29. The second-order valence-corrected chi connectivity index (χ2v) is 6.59. The van der Waals surface area contributed by atoms with Crippen LogP contribution < -0.4 is 0 Å². The molecule has 1 aliphatic rings. The van der Waals surface area contributed by atoms with Crippen molar-refractivity contribution >= 4 is 21.4 Å². The molecular formula is C17H21NO2S. The molecule has 0 spiro atoms. The van der Waals surface area contributed by atoms with E-state index >= 15 is 0 Å². The van der Waals surface area contributed by atoms with Gasteiger partial charge in [-0.3, -0.25) is 0 Å². The summed E-state index contributed by atoms with van der Waals surface area (Å²) in [5.74, 6) is 0. The average molecular weight is 303 g/mol. The molecule has 1 unspecified atom stereocenters. The van der Waals surface area contributed by atoms with E-state index in [0.717, 1.165) is 25.1 Å². The van der Waals surface area contributed by atoms with Crippen molar-refractivity contribution in [1.29, 1.82) is 0 Å². The van der Waals surface area contributed by atoms with E-state index in [9.17, 15) is 5.11 Å². The highest BCUT2D eigenvalue weighted by Gasteiger charge is 2.11. The first-order valence-electron chi connectivity index (χ1n) is 7.32. The largest absolute Gasteiger partial charge is 0.386 e. The number of hydrogen-bond acceptors (Lipinski definition) is 4. The smallest absolute Gasteiger partial charge is 0.102 e. The van der Waals surface area contributed by atoms with Crippen LogP contribution in [0.2, 0.25) is 0 Å². The van der Waals surface area contributed by atoms with Crippen LogP contribution in [-0.2, 0) is 4.74 Å². The number of likely N-dealkylation sites (N-methyl/N-ethyl adjacent to an activating group) is 1. The second kappa shape index (κ2) is 6.71. The Morgan fingerprint density at radius 1 is 1.38 bits per heavy atom. The zero-order valence-corrected chi connectivity index (χ0v) is 13.1. The van der Waals surface area contributed by atoms with Crippen LogP contribution in [0.5, 0.6) is 0 Å². The molecule has 112 valence electrons. The first kappa shape index (κ1) is 14.7. The maximum atomic E-state index is 10.2. The van der Waals surface area contributed by atoms with Gasteiger partial charge in [-0.05, 0) is 53.6 Å². The molecule has 2 aromatic rings. The second-order valence-electron chi connectivity index (χ2n) is 5.64. The Bertz CT molecular complexity index is 635. The van der Waals surface area contributed by atoms with E-state index in [1.165, 1.54) is 15.7 Å². The van der Waals surface area contributed by atoms with Gasteiger partial charge < -0.3 is 14.7 Å². The molecule has 3 nitrogen and oxygen atoms in total. The van der Waals surface area contributed by atoms with Gasteiger partial charge >= 0.3 is 0 Å². The lowest BCUT2D eigenvalue weighted by Crippen LogP contribution is -2.27. The Labute approximate surface area is 129 Å². The zero-order chi connectivity index (χ0) is 14.7. The van der Waals surface area contributed by atoms with Crippen LogP contribution in [0.15, 0.2) is 41.3 Å². The first-order valence-corrected chi connectivity index (χ1v) is 8.20. The Kier molecular flexibility index (Phi) is 4.70. The van der Waals surface area contributed by atoms with Gasteiger partial charge in [-0.25, -0.2) is 0 Å². The van der Waals surface area contributed by atoms with Gasteiger partial charge in [-0.1, -0.05) is 12.1 Å². The minimum Gasteiger partial charge on any atom is -0.386 e. The molecule has 0 radical (unpaired) electrons. The van der Waals surface area contributed by atoms with Crippen LogP contribution in [0.3, 0.4) is 0 Å². The maximum absolute atomic E-state index is 10.2. The quantitative estimate of drug-likeness (QED) is 0.861. The molecule has 1 N–H and O–H groups in total. The van der Waals surface area contributed by atoms with Crippen LogP contribution in [-0.4, -0.2) is 43.4 Å². The molecule has 0 saturated heterocycles. The van der Waals surface area contributed by atoms with Crippen LogP contribution in [0.4, 0.5) is 0 Å². The van der Waals surface area contributed by atoms with E-state index in [2.05, 4.69) is 35.5 Å². The molecule has 1 aliphatic heterocycles. The van der Waals surface area contributed by atoms with Crippen LogP contribution in [0, 0.1) is 0 Å². The van der Waals surface area contributed by atoms with Crippen LogP contribution in [0.1, 0.15) is 18.1 Å². The Balaban J connectivity index is 1.53. The number of ether oxygens (including phenoxy) is 1. The third-order valence-electron chi connectivity index (χ3n) is 3.84. The molecule has 0 bridgehead atoms. The summed E-state index contributed by atoms with van der Waals surface area (Å²) in [5.41, 5.74) is 2.24. The van der Waals surface area contributed by atoms with Crippen molar-refractivity contribution in [3.63, 3.8) is 0 Å². The molecule has 4 heteroatoms. The van der Waals surface area contributed by atoms with Gasteiger partial charge in [0.2, 0.25) is 0 Å². The van der Waals surface area contributed by atoms with Gasteiger partial charge in [0.25, 0.3) is 0 Å². The van der Waals surface area contributed by atoms with Crippen molar-refractivity contribution in [1.82, 2.24) is 4.90 Å². The zero-order valence-electron chi connectivity index (χ0n) is 12.3. The summed E-state index contributed by atoms with van der Waals surface area (Å²) < 4.78 is 6.94. The molecule has 0 saturated carbocycles. The fourth-order valence-corrected chi connectivity index (χ4v) is 3.45. The minimum atomic E-state index is -0.559.